The number of rotatable bonds is 8. The molecule has 0 bridgehead atoms. The number of aromatic nitrogens is 6. The van der Waals surface area contributed by atoms with E-state index in [1.807, 2.05) is 34.0 Å². The third kappa shape index (κ3) is 12.5. The monoisotopic (exact) mass is 1640 g/mol. The second kappa shape index (κ2) is 30.4. The highest BCUT2D eigenvalue weighted by Gasteiger charge is 2.22. The molecule has 9 heteroatoms. The number of thiophene rings is 3. The minimum absolute atomic E-state index is 0.942. The zero-order valence-corrected chi connectivity index (χ0v) is 70.5. The van der Waals surface area contributed by atoms with Gasteiger partial charge < -0.3 is 0 Å². The molecule has 125 heavy (non-hydrogen) atoms. The Morgan fingerprint density at radius 1 is 0.152 bits per heavy atom. The minimum atomic E-state index is 0.942. The van der Waals surface area contributed by atoms with Gasteiger partial charge in [-0.25, -0.2) is 0 Å². The van der Waals surface area contributed by atoms with Crippen molar-refractivity contribution in [2.45, 2.75) is 13.8 Å². The maximum absolute atomic E-state index is 4.75. The molecule has 0 saturated carbocycles. The third-order valence-electron chi connectivity index (χ3n) is 25.2. The topological polar surface area (TPSA) is 77.3 Å². The Morgan fingerprint density at radius 2 is 0.400 bits per heavy atom. The van der Waals surface area contributed by atoms with E-state index >= 15 is 0 Å². The molecule has 6 aromatic heterocycles. The van der Waals surface area contributed by atoms with Crippen LogP contribution < -0.4 is 0 Å². The van der Waals surface area contributed by atoms with Gasteiger partial charge in [0.05, 0.1) is 33.1 Å². The van der Waals surface area contributed by atoms with Crippen LogP contribution >= 0.6 is 34.0 Å². The van der Waals surface area contributed by atoms with E-state index in [2.05, 4.69) is 388 Å². The van der Waals surface area contributed by atoms with E-state index in [0.29, 0.717) is 0 Å². The standard InChI is InChI=1S/2C40H24N2S.C36H24N2S/c1-2-14-33-31(12-1)36-24-28(18-19-34(36)39-38(33)41-20-21-42-39)26-9-5-8-25(22-26)27-10-6-11-29(23-27)30-15-7-16-35-32-13-3-4-17-37(32)43-40(30)35;1-2-11-27(28-12-3-4-13-29(28)34-17-9-18-35-31-15-7-8-19-37(31)43-40(34)35)26(10-1)25-20-21-33-36(24-25)30-14-5-6-16-32(30)38-39(33)42-23-22-41-38;1-21-19-31(29-12-7-11-28-25-9-5-6-13-33(25)39-36(28)29)22(2)18-30(21)23-14-15-27-32(20-23)24-8-3-4-10-26(24)34-35(27)38-17-16-37-34/h2*1-24H;3-20H,1-2H3. The molecule has 0 aliphatic carbocycles. The summed E-state index contributed by atoms with van der Waals surface area (Å²) in [4.78, 5) is 28.3. The number of nitrogens with zero attached hydrogens (tertiary/aromatic N) is 6. The van der Waals surface area contributed by atoms with Crippen molar-refractivity contribution < 1.29 is 0 Å². The van der Waals surface area contributed by atoms with Gasteiger partial charge in [-0.2, -0.15) is 0 Å². The van der Waals surface area contributed by atoms with E-state index in [-0.39, 0.29) is 0 Å². The lowest BCUT2D eigenvalue weighted by Gasteiger charge is -2.16. The van der Waals surface area contributed by atoms with Gasteiger partial charge in [0, 0.05) is 136 Å². The number of aryl methyl sites for hydroxylation is 2. The van der Waals surface area contributed by atoms with E-state index in [1.165, 1.54) is 193 Å². The molecule has 0 aliphatic heterocycles. The van der Waals surface area contributed by atoms with Crippen molar-refractivity contribution in [3.05, 3.63) is 412 Å². The molecular weight excluding hydrogens is 1570 g/mol. The summed E-state index contributed by atoms with van der Waals surface area (Å²) >= 11 is 5.65. The van der Waals surface area contributed by atoms with Crippen LogP contribution in [0.4, 0.5) is 0 Å². The van der Waals surface area contributed by atoms with Gasteiger partial charge in [0.2, 0.25) is 0 Å². The molecule has 0 fully saturated rings. The fourth-order valence-electron chi connectivity index (χ4n) is 19.4. The van der Waals surface area contributed by atoms with Gasteiger partial charge in [0.15, 0.2) is 0 Å². The number of hydrogen-bond donors (Lipinski definition) is 0. The van der Waals surface area contributed by atoms with Crippen molar-refractivity contribution in [3.8, 4) is 89.0 Å². The van der Waals surface area contributed by atoms with Gasteiger partial charge in [-0.05, 0) is 189 Å². The van der Waals surface area contributed by atoms with Crippen LogP contribution in [0.5, 0.6) is 0 Å². The van der Waals surface area contributed by atoms with Crippen molar-refractivity contribution in [2.24, 2.45) is 0 Å². The summed E-state index contributed by atoms with van der Waals surface area (Å²) in [6.45, 7) is 4.47. The molecular formula is C116H72N6S3. The first-order chi connectivity index (χ1) is 61.8. The number of fused-ring (bicyclic) bond motifs is 27. The van der Waals surface area contributed by atoms with Crippen molar-refractivity contribution in [2.75, 3.05) is 0 Å². The van der Waals surface area contributed by atoms with Gasteiger partial charge >= 0.3 is 0 Å². The Kier molecular flexibility index (Phi) is 17.9. The predicted octanol–water partition coefficient (Wildman–Crippen LogP) is 32.9. The molecule has 20 aromatic carbocycles. The van der Waals surface area contributed by atoms with Crippen LogP contribution in [-0.2, 0) is 0 Å². The van der Waals surface area contributed by atoms with Crippen LogP contribution in [0, 0.1) is 13.8 Å². The van der Waals surface area contributed by atoms with E-state index in [4.69, 9.17) is 19.9 Å². The first-order valence-electron chi connectivity index (χ1n) is 42.2. The average Bonchev–Trinajstić information content (AvgIpc) is 1.15. The van der Waals surface area contributed by atoms with Gasteiger partial charge in [0.1, 0.15) is 0 Å². The maximum atomic E-state index is 4.75. The highest BCUT2D eigenvalue weighted by Crippen LogP contribution is 2.49. The zero-order chi connectivity index (χ0) is 82.7. The SMILES string of the molecule is Cc1cc(-c2cccc3c2sc2ccccc23)c(C)cc1-c1ccc2c(c1)c1ccccc1c1nccnc21.c1cc(-c2cccc(-c3cccc4c3sc3ccccc34)c2)cc(-c2ccc3c(c2)c2ccccc2c2nccnc32)c1.c1ccc(-c2ccccc2-c2cccc3c2sc2ccccc23)c(-c2ccc3c(c2)c2ccccc2c2nccnc32)c1. The molecule has 0 N–H and O–H groups in total. The first-order valence-corrected chi connectivity index (χ1v) is 44.7. The molecule has 0 saturated heterocycles. The summed E-state index contributed by atoms with van der Waals surface area (Å²) in [6, 6.07) is 132. The molecule has 0 spiro atoms. The molecule has 0 amide bonds. The maximum Gasteiger partial charge on any atom is 0.0971 e. The molecule has 6 heterocycles. The van der Waals surface area contributed by atoms with Gasteiger partial charge in [-0.1, -0.05) is 315 Å². The average molecular weight is 1650 g/mol. The molecule has 0 atom stereocenters. The van der Waals surface area contributed by atoms with E-state index in [0.717, 1.165) is 65.4 Å². The minimum Gasteiger partial charge on any atom is -0.252 e. The Labute approximate surface area is 731 Å². The van der Waals surface area contributed by atoms with Crippen molar-refractivity contribution >= 4 is 192 Å². The smallest absolute Gasteiger partial charge is 0.0971 e. The van der Waals surface area contributed by atoms with Crippen LogP contribution in [0.3, 0.4) is 0 Å². The van der Waals surface area contributed by atoms with Crippen LogP contribution in [0.2, 0.25) is 0 Å². The zero-order valence-electron chi connectivity index (χ0n) is 68.0. The van der Waals surface area contributed by atoms with Gasteiger partial charge in [-0.15, -0.1) is 34.0 Å². The number of benzene rings is 20. The summed E-state index contributed by atoms with van der Waals surface area (Å²) in [5.41, 5.74) is 28.1. The second-order valence-corrected chi connectivity index (χ2v) is 35.4. The van der Waals surface area contributed by atoms with Crippen molar-refractivity contribution in [1.82, 2.24) is 29.9 Å². The fourth-order valence-corrected chi connectivity index (χ4v) is 23.1. The summed E-state index contributed by atoms with van der Waals surface area (Å²) in [7, 11) is 0. The second-order valence-electron chi connectivity index (χ2n) is 32.3. The van der Waals surface area contributed by atoms with Crippen LogP contribution in [-0.4, -0.2) is 29.9 Å². The predicted molar refractivity (Wildman–Crippen MR) is 535 cm³/mol. The van der Waals surface area contributed by atoms with Crippen LogP contribution in [0.15, 0.2) is 401 Å². The third-order valence-corrected chi connectivity index (χ3v) is 28.8. The van der Waals surface area contributed by atoms with E-state index in [1.54, 1.807) is 37.2 Å². The lowest BCUT2D eigenvalue weighted by Crippen LogP contribution is -1.92. The van der Waals surface area contributed by atoms with Gasteiger partial charge in [-0.3, -0.25) is 29.9 Å². The first kappa shape index (κ1) is 73.6. The summed E-state index contributed by atoms with van der Waals surface area (Å²) < 4.78 is 8.03. The normalized spacial score (nSPS) is 11.8. The Balaban J connectivity index is 0.000000105. The molecule has 0 radical (unpaired) electrons. The lowest BCUT2D eigenvalue weighted by atomic mass is 9.88. The molecule has 26 aromatic rings. The largest absolute Gasteiger partial charge is 0.252 e. The molecule has 6 nitrogen and oxygen atoms in total. The van der Waals surface area contributed by atoms with E-state index < -0.39 is 0 Å². The van der Waals surface area contributed by atoms with Crippen molar-refractivity contribution in [1.29, 1.82) is 0 Å². The fraction of sp³-hybridized carbons (Fsp3) is 0.0172. The van der Waals surface area contributed by atoms with Crippen LogP contribution in [0.25, 0.3) is 247 Å². The number of hydrogen-bond acceptors (Lipinski definition) is 9. The molecule has 0 unspecified atom stereocenters. The highest BCUT2D eigenvalue weighted by molar-refractivity contribution is 7.27. The quantitative estimate of drug-likeness (QED) is 0.141. The molecule has 26 rings (SSSR count). The Bertz CT molecular complexity index is 8840. The van der Waals surface area contributed by atoms with E-state index in [9.17, 15) is 0 Å². The van der Waals surface area contributed by atoms with Gasteiger partial charge in [0.25, 0.3) is 0 Å². The summed E-state index contributed by atoms with van der Waals surface area (Å²) in [6.07, 6.45) is 10.7. The summed E-state index contributed by atoms with van der Waals surface area (Å²) in [5.74, 6) is 0. The lowest BCUT2D eigenvalue weighted by molar-refractivity contribution is 1.31. The summed E-state index contributed by atoms with van der Waals surface area (Å²) in [5, 5.41) is 22.0. The highest BCUT2D eigenvalue weighted by atomic mass is 32.1. The molecule has 0 aliphatic rings. The van der Waals surface area contributed by atoms with Crippen molar-refractivity contribution in [3.63, 3.8) is 0 Å². The molecule has 584 valence electrons. The van der Waals surface area contributed by atoms with Crippen LogP contribution in [0.1, 0.15) is 11.1 Å². The Morgan fingerprint density at radius 3 is 0.832 bits per heavy atom. The Hall–Kier alpha value is -15.4.